The molecule has 0 aromatic heterocycles. The van der Waals surface area contributed by atoms with E-state index in [1.165, 1.54) is 43.9 Å². The summed E-state index contributed by atoms with van der Waals surface area (Å²) >= 11 is 0. The van der Waals surface area contributed by atoms with Crippen LogP contribution in [0.15, 0.2) is 36.9 Å². The molecule has 136 valence electrons. The van der Waals surface area contributed by atoms with Crippen molar-refractivity contribution < 1.29 is 13.5 Å². The lowest BCUT2D eigenvalue weighted by molar-refractivity contribution is 0.133. The summed E-state index contributed by atoms with van der Waals surface area (Å²) in [7, 11) is 0. The number of rotatable bonds is 5. The number of halogens is 2. The monoisotopic (exact) mass is 346 g/mol. The molecule has 2 fully saturated rings. The van der Waals surface area contributed by atoms with Crippen LogP contribution in [0, 0.1) is 29.4 Å². The minimum Gasteiger partial charge on any atom is -0.483 e. The fourth-order valence-corrected chi connectivity index (χ4v) is 4.77. The Labute approximate surface area is 149 Å². The van der Waals surface area contributed by atoms with E-state index in [1.54, 1.807) is 0 Å². The van der Waals surface area contributed by atoms with E-state index in [9.17, 15) is 8.78 Å². The Kier molecular flexibility index (Phi) is 5.93. The van der Waals surface area contributed by atoms with Gasteiger partial charge in [-0.3, -0.25) is 0 Å². The van der Waals surface area contributed by atoms with Crippen molar-refractivity contribution in [1.82, 2.24) is 0 Å². The fourth-order valence-electron chi connectivity index (χ4n) is 4.77. The van der Waals surface area contributed by atoms with Crippen LogP contribution in [-0.2, 0) is 0 Å². The van der Waals surface area contributed by atoms with Crippen LogP contribution in [-0.4, -0.2) is 6.61 Å². The van der Waals surface area contributed by atoms with Crippen LogP contribution >= 0.6 is 0 Å². The second kappa shape index (κ2) is 8.16. The van der Waals surface area contributed by atoms with Gasteiger partial charge in [0.05, 0.1) is 0 Å². The molecule has 25 heavy (non-hydrogen) atoms. The summed E-state index contributed by atoms with van der Waals surface area (Å²) in [6.07, 6.45) is 13.0. The Morgan fingerprint density at radius 2 is 1.76 bits per heavy atom. The van der Waals surface area contributed by atoms with Crippen LogP contribution in [0.3, 0.4) is 0 Å². The molecule has 0 heterocycles. The molecule has 1 aromatic rings. The lowest BCUT2D eigenvalue weighted by Gasteiger charge is -2.41. The number of hydrogen-bond donors (Lipinski definition) is 0. The number of hydrogen-bond acceptors (Lipinski definition) is 1. The van der Waals surface area contributed by atoms with Crippen LogP contribution in [0.4, 0.5) is 8.78 Å². The SMILES string of the molecule is C=CCOc1c(F)cc(C2CCC3CC(C=CC)CCC3C2)cc1F. The molecule has 2 aliphatic rings. The smallest absolute Gasteiger partial charge is 0.191 e. The molecule has 0 spiro atoms. The van der Waals surface area contributed by atoms with Gasteiger partial charge < -0.3 is 4.74 Å². The van der Waals surface area contributed by atoms with Crippen LogP contribution < -0.4 is 4.74 Å². The fraction of sp³-hybridized carbons (Fsp3) is 0.545. The Hall–Kier alpha value is -1.64. The van der Waals surface area contributed by atoms with E-state index in [-0.39, 0.29) is 18.3 Å². The van der Waals surface area contributed by atoms with Gasteiger partial charge in [0.15, 0.2) is 17.4 Å². The number of ether oxygens (including phenoxy) is 1. The van der Waals surface area contributed by atoms with E-state index in [2.05, 4.69) is 25.7 Å². The van der Waals surface area contributed by atoms with Gasteiger partial charge in [-0.1, -0.05) is 24.8 Å². The summed E-state index contributed by atoms with van der Waals surface area (Å²) in [6, 6.07) is 2.94. The predicted molar refractivity (Wildman–Crippen MR) is 97.8 cm³/mol. The maximum Gasteiger partial charge on any atom is 0.191 e. The maximum absolute atomic E-state index is 14.3. The molecule has 0 amide bonds. The Morgan fingerprint density at radius 1 is 1.08 bits per heavy atom. The van der Waals surface area contributed by atoms with Gasteiger partial charge in [0.25, 0.3) is 0 Å². The van der Waals surface area contributed by atoms with Gasteiger partial charge in [0, 0.05) is 0 Å². The molecule has 1 aromatic carbocycles. The molecule has 4 unspecified atom stereocenters. The molecular weight excluding hydrogens is 318 g/mol. The quantitative estimate of drug-likeness (QED) is 0.560. The zero-order chi connectivity index (χ0) is 17.8. The zero-order valence-corrected chi connectivity index (χ0v) is 15.0. The molecule has 0 aliphatic heterocycles. The lowest BCUT2D eigenvalue weighted by Crippen LogP contribution is -2.30. The van der Waals surface area contributed by atoms with Crippen molar-refractivity contribution in [3.63, 3.8) is 0 Å². The summed E-state index contributed by atoms with van der Waals surface area (Å²) < 4.78 is 33.6. The van der Waals surface area contributed by atoms with Gasteiger partial charge in [0.2, 0.25) is 0 Å². The van der Waals surface area contributed by atoms with Crippen molar-refractivity contribution in [1.29, 1.82) is 0 Å². The molecule has 0 N–H and O–H groups in total. The summed E-state index contributed by atoms with van der Waals surface area (Å²) in [4.78, 5) is 0. The van der Waals surface area contributed by atoms with Crippen molar-refractivity contribution >= 4 is 0 Å². The first kappa shape index (κ1) is 18.2. The van der Waals surface area contributed by atoms with Crippen molar-refractivity contribution in [2.24, 2.45) is 17.8 Å². The topological polar surface area (TPSA) is 9.23 Å². The van der Waals surface area contributed by atoms with Crippen molar-refractivity contribution in [2.75, 3.05) is 6.61 Å². The Balaban J connectivity index is 1.69. The van der Waals surface area contributed by atoms with E-state index in [0.29, 0.717) is 5.92 Å². The Bertz CT molecular complexity index is 614. The molecule has 2 saturated carbocycles. The highest BCUT2D eigenvalue weighted by molar-refractivity contribution is 5.33. The number of allylic oxidation sites excluding steroid dienone is 2. The summed E-state index contributed by atoms with van der Waals surface area (Å²) in [6.45, 7) is 5.70. The third-order valence-electron chi connectivity index (χ3n) is 5.96. The third kappa shape index (κ3) is 4.13. The van der Waals surface area contributed by atoms with Crippen LogP contribution in [0.1, 0.15) is 56.9 Å². The van der Waals surface area contributed by atoms with Crippen molar-refractivity contribution in [3.05, 3.63) is 54.1 Å². The van der Waals surface area contributed by atoms with Gasteiger partial charge in [-0.05, 0) is 86.8 Å². The van der Waals surface area contributed by atoms with Crippen molar-refractivity contribution in [2.45, 2.75) is 51.4 Å². The van der Waals surface area contributed by atoms with E-state index in [0.717, 1.165) is 30.2 Å². The van der Waals surface area contributed by atoms with Crippen molar-refractivity contribution in [3.8, 4) is 5.75 Å². The van der Waals surface area contributed by atoms with Gasteiger partial charge in [0.1, 0.15) is 6.61 Å². The molecule has 1 nitrogen and oxygen atoms in total. The maximum atomic E-state index is 14.3. The molecular formula is C22H28F2O. The van der Waals surface area contributed by atoms with Crippen LogP contribution in [0.2, 0.25) is 0 Å². The highest BCUT2D eigenvalue weighted by atomic mass is 19.1. The number of fused-ring (bicyclic) bond motifs is 1. The molecule has 0 radical (unpaired) electrons. The van der Waals surface area contributed by atoms with Crippen LogP contribution in [0.25, 0.3) is 0 Å². The minimum atomic E-state index is -0.601. The number of benzene rings is 1. The first-order valence-electron chi connectivity index (χ1n) is 9.47. The second-order valence-corrected chi connectivity index (χ2v) is 7.54. The second-order valence-electron chi connectivity index (χ2n) is 7.54. The van der Waals surface area contributed by atoms with Gasteiger partial charge in [-0.25, -0.2) is 8.78 Å². The average molecular weight is 346 g/mol. The minimum absolute atomic E-state index is 0.105. The standard InChI is InChI=1S/C22H28F2O/c1-3-5-15-6-7-17-12-18(9-8-16(17)11-15)19-13-20(23)22(21(24)14-19)25-10-4-2/h3-5,13-18H,2,6-12H2,1H3. The zero-order valence-electron chi connectivity index (χ0n) is 15.0. The average Bonchev–Trinajstić information content (AvgIpc) is 2.61. The van der Waals surface area contributed by atoms with E-state index in [4.69, 9.17) is 4.74 Å². The molecule has 0 bridgehead atoms. The highest BCUT2D eigenvalue weighted by Crippen LogP contribution is 2.48. The van der Waals surface area contributed by atoms with Gasteiger partial charge >= 0.3 is 0 Å². The molecule has 3 rings (SSSR count). The molecule has 2 aliphatic carbocycles. The normalized spacial score (nSPS) is 29.4. The lowest BCUT2D eigenvalue weighted by atomic mass is 9.64. The van der Waals surface area contributed by atoms with E-state index < -0.39 is 11.6 Å². The third-order valence-corrected chi connectivity index (χ3v) is 5.96. The van der Waals surface area contributed by atoms with E-state index >= 15 is 0 Å². The molecule has 0 saturated heterocycles. The summed E-state index contributed by atoms with van der Waals surface area (Å²) in [5.41, 5.74) is 0.787. The molecule has 3 heteroatoms. The van der Waals surface area contributed by atoms with Gasteiger partial charge in [-0.15, -0.1) is 0 Å². The summed E-state index contributed by atoms with van der Waals surface area (Å²) in [5.74, 6) is 0.964. The largest absolute Gasteiger partial charge is 0.483 e. The van der Waals surface area contributed by atoms with E-state index in [1.807, 2.05) is 0 Å². The first-order valence-corrected chi connectivity index (χ1v) is 9.47. The van der Waals surface area contributed by atoms with Gasteiger partial charge in [-0.2, -0.15) is 0 Å². The Morgan fingerprint density at radius 3 is 2.44 bits per heavy atom. The highest BCUT2D eigenvalue weighted by Gasteiger charge is 2.35. The first-order chi connectivity index (χ1) is 12.1. The van der Waals surface area contributed by atoms with Crippen LogP contribution in [0.5, 0.6) is 5.75 Å². The molecule has 4 atom stereocenters. The predicted octanol–water partition coefficient (Wildman–Crippen LogP) is 6.41. The summed E-state index contributed by atoms with van der Waals surface area (Å²) in [5, 5.41) is 0.